The Hall–Kier alpha value is -1.33. The van der Waals surface area contributed by atoms with Crippen molar-refractivity contribution < 1.29 is 4.74 Å². The fourth-order valence-corrected chi connectivity index (χ4v) is 6.83. The summed E-state index contributed by atoms with van der Waals surface area (Å²) < 4.78 is 6.02. The molecule has 4 aliphatic rings. The number of fused-ring (bicyclic) bond motifs is 6. The fraction of sp³-hybridized carbons (Fsp3) is 0.667. The highest BCUT2D eigenvalue weighted by Gasteiger charge is 2.69. The molecular formula is C21H25NO. The lowest BCUT2D eigenvalue weighted by Gasteiger charge is -2.53. The molecule has 2 saturated carbocycles. The summed E-state index contributed by atoms with van der Waals surface area (Å²) >= 11 is 0. The molecule has 0 radical (unpaired) electrons. The molecule has 1 aromatic carbocycles. The first-order valence-corrected chi connectivity index (χ1v) is 9.22. The molecule has 1 heterocycles. The van der Waals surface area contributed by atoms with Crippen molar-refractivity contribution in [2.75, 3.05) is 6.61 Å². The van der Waals surface area contributed by atoms with Gasteiger partial charge in [0, 0.05) is 5.41 Å². The van der Waals surface area contributed by atoms with E-state index in [0.717, 1.165) is 36.5 Å². The molecule has 1 aliphatic heterocycles. The van der Waals surface area contributed by atoms with Gasteiger partial charge in [0.05, 0.1) is 18.8 Å². The van der Waals surface area contributed by atoms with Crippen molar-refractivity contribution in [2.24, 2.45) is 23.2 Å². The molecule has 3 fully saturated rings. The Morgan fingerprint density at radius 2 is 2.13 bits per heavy atom. The van der Waals surface area contributed by atoms with E-state index in [-0.39, 0.29) is 5.60 Å². The lowest BCUT2D eigenvalue weighted by atomic mass is 9.51. The minimum absolute atomic E-state index is 0.241. The zero-order chi connectivity index (χ0) is 15.8. The van der Waals surface area contributed by atoms with E-state index >= 15 is 0 Å². The normalized spacial score (nSPS) is 46.7. The van der Waals surface area contributed by atoms with Crippen molar-refractivity contribution in [3.63, 3.8) is 0 Å². The Balaban J connectivity index is 1.57. The molecule has 5 rings (SSSR count). The zero-order valence-corrected chi connectivity index (χ0v) is 14.1. The van der Waals surface area contributed by atoms with E-state index in [4.69, 9.17) is 11.3 Å². The summed E-state index contributed by atoms with van der Waals surface area (Å²) in [7, 11) is 0. The Bertz CT molecular complexity index is 713. The molecule has 0 bridgehead atoms. The van der Waals surface area contributed by atoms with E-state index in [1.807, 2.05) is 6.07 Å². The molecule has 1 spiro atoms. The van der Waals surface area contributed by atoms with Crippen LogP contribution >= 0.6 is 0 Å². The molecule has 23 heavy (non-hydrogen) atoms. The maximum atomic E-state index is 7.27. The third kappa shape index (κ3) is 1.67. The van der Waals surface area contributed by atoms with E-state index in [1.54, 1.807) is 5.56 Å². The molecule has 0 aromatic heterocycles. The van der Waals surface area contributed by atoms with Crippen molar-refractivity contribution in [2.45, 2.75) is 57.5 Å². The number of aryl methyl sites for hydroxylation is 1. The standard InChI is InChI=1S/C21H25NO/c1-13-11-20(2)18(8-9-21(20)12-23-21)17-6-4-14-10-15(22-3)5-7-16(14)19(13)17/h5,7,10,13,17-19H,4,6,8-9,11-12H2,1-2H3/t13-,17?,18?,19?,20-,21+/m0/s1. The maximum Gasteiger partial charge on any atom is 0.187 e. The van der Waals surface area contributed by atoms with Crippen LogP contribution in [0.1, 0.15) is 56.6 Å². The lowest BCUT2D eigenvalue weighted by molar-refractivity contribution is -0.0160. The van der Waals surface area contributed by atoms with Crippen LogP contribution in [0.15, 0.2) is 18.2 Å². The average molecular weight is 307 g/mol. The van der Waals surface area contributed by atoms with Crippen LogP contribution < -0.4 is 0 Å². The summed E-state index contributed by atoms with van der Waals surface area (Å²) in [6.07, 6.45) is 6.42. The van der Waals surface area contributed by atoms with Crippen LogP contribution in [0.2, 0.25) is 0 Å². The van der Waals surface area contributed by atoms with E-state index in [0.29, 0.717) is 11.3 Å². The number of rotatable bonds is 0. The molecule has 1 saturated heterocycles. The van der Waals surface area contributed by atoms with Gasteiger partial charge in [-0.1, -0.05) is 37.6 Å². The summed E-state index contributed by atoms with van der Waals surface area (Å²) in [6, 6.07) is 6.46. The quantitative estimate of drug-likeness (QED) is 0.481. The van der Waals surface area contributed by atoms with Crippen molar-refractivity contribution in [1.29, 1.82) is 0 Å². The van der Waals surface area contributed by atoms with Gasteiger partial charge in [0.2, 0.25) is 0 Å². The highest BCUT2D eigenvalue weighted by Crippen LogP contribution is 2.69. The van der Waals surface area contributed by atoms with E-state index in [1.165, 1.54) is 31.2 Å². The predicted molar refractivity (Wildman–Crippen MR) is 90.6 cm³/mol. The Kier molecular flexibility index (Phi) is 2.68. The van der Waals surface area contributed by atoms with Gasteiger partial charge in [-0.25, -0.2) is 4.85 Å². The summed E-state index contributed by atoms with van der Waals surface area (Å²) in [5, 5.41) is 0. The Labute approximate surface area is 139 Å². The fourth-order valence-electron chi connectivity index (χ4n) is 6.83. The topological polar surface area (TPSA) is 16.9 Å². The number of ether oxygens (including phenoxy) is 1. The molecule has 3 unspecified atom stereocenters. The molecule has 1 aromatic rings. The molecule has 120 valence electrons. The third-order valence-electron chi connectivity index (χ3n) is 7.91. The van der Waals surface area contributed by atoms with Gasteiger partial charge in [0.15, 0.2) is 5.69 Å². The second-order valence-corrected chi connectivity index (χ2v) is 8.75. The lowest BCUT2D eigenvalue weighted by Crippen LogP contribution is -2.48. The number of hydrogen-bond donors (Lipinski definition) is 0. The molecule has 2 nitrogen and oxygen atoms in total. The summed E-state index contributed by atoms with van der Waals surface area (Å²) in [6.45, 7) is 13.3. The predicted octanol–water partition coefficient (Wildman–Crippen LogP) is 5.11. The number of hydrogen-bond acceptors (Lipinski definition) is 1. The second-order valence-electron chi connectivity index (χ2n) is 8.75. The van der Waals surface area contributed by atoms with Gasteiger partial charge in [-0.2, -0.15) is 0 Å². The van der Waals surface area contributed by atoms with Crippen molar-refractivity contribution in [3.05, 3.63) is 40.7 Å². The number of epoxide rings is 1. The summed E-state index contributed by atoms with van der Waals surface area (Å²) in [4.78, 5) is 3.63. The van der Waals surface area contributed by atoms with Gasteiger partial charge in [-0.3, -0.25) is 0 Å². The third-order valence-corrected chi connectivity index (χ3v) is 7.91. The maximum absolute atomic E-state index is 7.27. The number of nitrogens with zero attached hydrogens (tertiary/aromatic N) is 1. The van der Waals surface area contributed by atoms with Crippen molar-refractivity contribution in [1.82, 2.24) is 0 Å². The van der Waals surface area contributed by atoms with Gasteiger partial charge >= 0.3 is 0 Å². The van der Waals surface area contributed by atoms with Crippen LogP contribution in [0.25, 0.3) is 4.85 Å². The molecule has 6 atom stereocenters. The van der Waals surface area contributed by atoms with Crippen molar-refractivity contribution in [3.8, 4) is 0 Å². The van der Waals surface area contributed by atoms with E-state index in [9.17, 15) is 0 Å². The van der Waals surface area contributed by atoms with Crippen LogP contribution in [0, 0.1) is 29.7 Å². The van der Waals surface area contributed by atoms with Crippen LogP contribution in [-0.4, -0.2) is 12.2 Å². The van der Waals surface area contributed by atoms with Gasteiger partial charge in [-0.05, 0) is 61.3 Å². The SMILES string of the molecule is [C-]#[N+]c1ccc2c(c1)CCC1C2[C@@H](C)C[C@@]2(C)C1CC[C@@]21CO1. The van der Waals surface area contributed by atoms with Crippen LogP contribution in [-0.2, 0) is 11.2 Å². The monoisotopic (exact) mass is 307 g/mol. The van der Waals surface area contributed by atoms with Crippen molar-refractivity contribution >= 4 is 5.69 Å². The van der Waals surface area contributed by atoms with Crippen LogP contribution in [0.5, 0.6) is 0 Å². The van der Waals surface area contributed by atoms with Gasteiger partial charge in [-0.15, -0.1) is 0 Å². The number of benzene rings is 1. The minimum Gasteiger partial charge on any atom is -0.369 e. The molecule has 0 N–H and O–H groups in total. The minimum atomic E-state index is 0.241. The Morgan fingerprint density at radius 1 is 1.30 bits per heavy atom. The first kappa shape index (κ1) is 14.1. The van der Waals surface area contributed by atoms with Gasteiger partial charge in [0.25, 0.3) is 0 Å². The molecular weight excluding hydrogens is 282 g/mol. The smallest absolute Gasteiger partial charge is 0.187 e. The molecule has 3 aliphatic carbocycles. The zero-order valence-electron chi connectivity index (χ0n) is 14.1. The summed E-state index contributed by atoms with van der Waals surface area (Å²) in [5.41, 5.74) is 4.46. The van der Waals surface area contributed by atoms with Crippen LogP contribution in [0.3, 0.4) is 0 Å². The largest absolute Gasteiger partial charge is 0.369 e. The van der Waals surface area contributed by atoms with E-state index in [2.05, 4.69) is 30.8 Å². The molecule has 2 heteroatoms. The van der Waals surface area contributed by atoms with Crippen LogP contribution in [0.4, 0.5) is 5.69 Å². The first-order chi connectivity index (χ1) is 11.1. The average Bonchev–Trinajstić information content (AvgIpc) is 3.29. The van der Waals surface area contributed by atoms with E-state index < -0.39 is 0 Å². The first-order valence-electron chi connectivity index (χ1n) is 9.22. The highest BCUT2D eigenvalue weighted by atomic mass is 16.6. The highest BCUT2D eigenvalue weighted by molar-refractivity contribution is 5.51. The summed E-state index contributed by atoms with van der Waals surface area (Å²) in [5.74, 6) is 3.07. The Morgan fingerprint density at radius 3 is 2.87 bits per heavy atom. The second kappa shape index (κ2) is 4.39. The molecule has 0 amide bonds. The van der Waals surface area contributed by atoms with Gasteiger partial charge in [0.1, 0.15) is 0 Å². The van der Waals surface area contributed by atoms with Gasteiger partial charge < -0.3 is 4.74 Å².